The van der Waals surface area contributed by atoms with Crippen LogP contribution in [0.15, 0.2) is 63.4 Å². The monoisotopic (exact) mass is 459 g/mol. The average Bonchev–Trinajstić information content (AvgIpc) is 3.34. The third kappa shape index (κ3) is 4.09. The van der Waals surface area contributed by atoms with E-state index in [1.54, 1.807) is 18.2 Å². The average molecular weight is 460 g/mol. The van der Waals surface area contributed by atoms with Gasteiger partial charge in [-0.25, -0.2) is 4.99 Å². The lowest BCUT2D eigenvalue weighted by molar-refractivity contribution is -0.384. The number of rotatable bonds is 5. The molecular weight excluding hydrogens is 442 g/mol. The van der Waals surface area contributed by atoms with Gasteiger partial charge in [0.15, 0.2) is 4.80 Å². The number of nitrogens with zero attached hydrogens (tertiary/aromatic N) is 3. The minimum absolute atomic E-state index is 0.00441. The highest BCUT2D eigenvalue weighted by Crippen LogP contribution is 2.28. The maximum atomic E-state index is 11.4. The standard InChI is InChI=1S/C20H18BrN3O3S/c21-15-9-7-14(8-10-15)19-13-28-20(23(19)12-16-4-3-11-27-16)22-17-5-1-2-6-18(17)24(25)26/h1-2,5-10,13,16H,3-4,11-12H2. The topological polar surface area (TPSA) is 69.7 Å². The molecule has 0 radical (unpaired) electrons. The van der Waals surface area contributed by atoms with Gasteiger partial charge in [-0.15, -0.1) is 11.3 Å². The number of para-hydroxylation sites is 2. The Hall–Kier alpha value is -2.29. The van der Waals surface area contributed by atoms with Crippen molar-refractivity contribution in [3.8, 4) is 11.3 Å². The summed E-state index contributed by atoms with van der Waals surface area (Å²) in [6.07, 6.45) is 2.20. The van der Waals surface area contributed by atoms with Crippen LogP contribution in [0.4, 0.5) is 11.4 Å². The summed E-state index contributed by atoms with van der Waals surface area (Å²) in [5.41, 5.74) is 2.47. The summed E-state index contributed by atoms with van der Waals surface area (Å²) in [5, 5.41) is 13.4. The van der Waals surface area contributed by atoms with Crippen LogP contribution in [0, 0.1) is 10.1 Å². The molecule has 3 aromatic rings. The Balaban J connectivity index is 1.83. The fourth-order valence-corrected chi connectivity index (χ4v) is 4.45. The van der Waals surface area contributed by atoms with Gasteiger partial charge in [-0.2, -0.15) is 0 Å². The normalized spacial score (nSPS) is 17.2. The van der Waals surface area contributed by atoms with Crippen LogP contribution in [0.25, 0.3) is 11.3 Å². The number of nitro groups is 1. The highest BCUT2D eigenvalue weighted by molar-refractivity contribution is 9.10. The van der Waals surface area contributed by atoms with Crippen molar-refractivity contribution in [3.63, 3.8) is 0 Å². The smallest absolute Gasteiger partial charge is 0.294 e. The van der Waals surface area contributed by atoms with Gasteiger partial charge in [0.25, 0.3) is 5.69 Å². The molecule has 1 atom stereocenters. The molecule has 0 saturated carbocycles. The van der Waals surface area contributed by atoms with Crippen molar-refractivity contribution in [1.29, 1.82) is 0 Å². The molecule has 28 heavy (non-hydrogen) atoms. The molecule has 144 valence electrons. The Kier molecular flexibility index (Phi) is 5.70. The summed E-state index contributed by atoms with van der Waals surface area (Å²) in [6, 6.07) is 14.7. The van der Waals surface area contributed by atoms with E-state index in [1.165, 1.54) is 17.4 Å². The van der Waals surface area contributed by atoms with Gasteiger partial charge in [0.1, 0.15) is 5.69 Å². The molecule has 0 aliphatic carbocycles. The van der Waals surface area contributed by atoms with Crippen molar-refractivity contribution in [2.75, 3.05) is 6.61 Å². The van der Waals surface area contributed by atoms with Crippen molar-refractivity contribution in [3.05, 3.63) is 73.3 Å². The number of benzene rings is 2. The third-order valence-electron chi connectivity index (χ3n) is 4.64. The maximum Gasteiger partial charge on any atom is 0.294 e. The first kappa shape index (κ1) is 19.0. The van der Waals surface area contributed by atoms with Gasteiger partial charge in [0, 0.05) is 22.5 Å². The van der Waals surface area contributed by atoms with Gasteiger partial charge in [-0.1, -0.05) is 40.2 Å². The van der Waals surface area contributed by atoms with Crippen molar-refractivity contribution >= 4 is 38.6 Å². The summed E-state index contributed by atoms with van der Waals surface area (Å²) in [6.45, 7) is 1.45. The predicted molar refractivity (Wildman–Crippen MR) is 113 cm³/mol. The second kappa shape index (κ2) is 8.38. The number of ether oxygens (including phenoxy) is 1. The first-order valence-corrected chi connectivity index (χ1v) is 10.6. The number of hydrogen-bond acceptors (Lipinski definition) is 5. The van der Waals surface area contributed by atoms with E-state index in [0.29, 0.717) is 12.2 Å². The van der Waals surface area contributed by atoms with Gasteiger partial charge in [0.05, 0.1) is 23.3 Å². The van der Waals surface area contributed by atoms with Crippen LogP contribution in [0.1, 0.15) is 12.8 Å². The van der Waals surface area contributed by atoms with E-state index in [-0.39, 0.29) is 11.8 Å². The second-order valence-electron chi connectivity index (χ2n) is 6.51. The fourth-order valence-electron chi connectivity index (χ4n) is 3.25. The Bertz CT molecular complexity index is 1050. The van der Waals surface area contributed by atoms with E-state index < -0.39 is 4.92 Å². The number of aromatic nitrogens is 1. The van der Waals surface area contributed by atoms with Crippen LogP contribution in [-0.2, 0) is 11.3 Å². The molecule has 4 rings (SSSR count). The van der Waals surface area contributed by atoms with Crippen molar-refractivity contribution in [1.82, 2.24) is 4.57 Å². The molecule has 8 heteroatoms. The van der Waals surface area contributed by atoms with Gasteiger partial charge >= 0.3 is 0 Å². The van der Waals surface area contributed by atoms with Gasteiger partial charge in [0.2, 0.25) is 0 Å². The van der Waals surface area contributed by atoms with Crippen LogP contribution >= 0.6 is 27.3 Å². The van der Waals surface area contributed by atoms with E-state index in [0.717, 1.165) is 40.0 Å². The van der Waals surface area contributed by atoms with Crippen LogP contribution in [0.5, 0.6) is 0 Å². The quantitative estimate of drug-likeness (QED) is 0.383. The lowest BCUT2D eigenvalue weighted by Gasteiger charge is -2.14. The van der Waals surface area contributed by atoms with Crippen LogP contribution in [0.3, 0.4) is 0 Å². The van der Waals surface area contributed by atoms with Crippen molar-refractivity contribution in [2.45, 2.75) is 25.5 Å². The third-order valence-corrected chi connectivity index (χ3v) is 6.03. The van der Waals surface area contributed by atoms with Crippen LogP contribution in [-0.4, -0.2) is 22.2 Å². The van der Waals surface area contributed by atoms with E-state index >= 15 is 0 Å². The first-order chi connectivity index (χ1) is 13.6. The molecule has 1 saturated heterocycles. The molecule has 0 bridgehead atoms. The van der Waals surface area contributed by atoms with Crippen LogP contribution in [0.2, 0.25) is 0 Å². The zero-order chi connectivity index (χ0) is 19.5. The molecule has 6 nitrogen and oxygen atoms in total. The lowest BCUT2D eigenvalue weighted by atomic mass is 10.1. The van der Waals surface area contributed by atoms with E-state index in [2.05, 4.69) is 25.5 Å². The van der Waals surface area contributed by atoms with Gasteiger partial charge in [-0.05, 0) is 36.6 Å². The summed E-state index contributed by atoms with van der Waals surface area (Å²) < 4.78 is 8.96. The number of thiazole rings is 1. The molecule has 0 amide bonds. The summed E-state index contributed by atoms with van der Waals surface area (Å²) in [5.74, 6) is 0. The summed E-state index contributed by atoms with van der Waals surface area (Å²) >= 11 is 4.95. The Labute approximate surface area is 174 Å². The molecule has 2 aromatic carbocycles. The Morgan fingerprint density at radius 2 is 2.04 bits per heavy atom. The highest BCUT2D eigenvalue weighted by Gasteiger charge is 2.20. The number of hydrogen-bond donors (Lipinski definition) is 0. The minimum Gasteiger partial charge on any atom is -0.376 e. The second-order valence-corrected chi connectivity index (χ2v) is 8.27. The van der Waals surface area contributed by atoms with Gasteiger partial charge < -0.3 is 9.30 Å². The predicted octanol–water partition coefficient (Wildman–Crippen LogP) is 5.30. The maximum absolute atomic E-state index is 11.4. The Morgan fingerprint density at radius 1 is 1.25 bits per heavy atom. The molecule has 1 unspecified atom stereocenters. The largest absolute Gasteiger partial charge is 0.376 e. The SMILES string of the molecule is O=[N+]([O-])c1ccccc1N=c1scc(-c2ccc(Br)cc2)n1CC1CCCO1. The van der Waals surface area contributed by atoms with Crippen molar-refractivity contribution < 1.29 is 9.66 Å². The minimum atomic E-state index is -0.396. The van der Waals surface area contributed by atoms with Gasteiger partial charge in [-0.3, -0.25) is 10.1 Å². The molecule has 1 fully saturated rings. The lowest BCUT2D eigenvalue weighted by Crippen LogP contribution is -2.24. The molecule has 0 N–H and O–H groups in total. The molecule has 1 aromatic heterocycles. The Morgan fingerprint density at radius 3 is 2.75 bits per heavy atom. The zero-order valence-corrected chi connectivity index (χ0v) is 17.4. The number of halogens is 1. The zero-order valence-electron chi connectivity index (χ0n) is 15.0. The molecule has 0 spiro atoms. The first-order valence-electron chi connectivity index (χ1n) is 8.96. The van der Waals surface area contributed by atoms with E-state index in [4.69, 9.17) is 4.74 Å². The molecular formula is C20H18BrN3O3S. The molecule has 1 aliphatic rings. The summed E-state index contributed by atoms with van der Waals surface area (Å²) in [7, 11) is 0. The molecule has 1 aliphatic heterocycles. The molecule has 2 heterocycles. The fraction of sp³-hybridized carbons (Fsp3) is 0.250. The van der Waals surface area contributed by atoms with Crippen LogP contribution < -0.4 is 4.80 Å². The van der Waals surface area contributed by atoms with E-state index in [1.807, 2.05) is 29.6 Å². The number of nitro benzene ring substituents is 1. The van der Waals surface area contributed by atoms with E-state index in [9.17, 15) is 10.1 Å². The highest BCUT2D eigenvalue weighted by atomic mass is 79.9. The van der Waals surface area contributed by atoms with Crippen molar-refractivity contribution in [2.24, 2.45) is 4.99 Å². The summed E-state index contributed by atoms with van der Waals surface area (Å²) in [4.78, 5) is 16.3.